The van der Waals surface area contributed by atoms with E-state index in [2.05, 4.69) is 11.4 Å². The molecule has 22 heavy (non-hydrogen) atoms. The molecule has 0 saturated heterocycles. The Kier molecular flexibility index (Phi) is 4.08. The molecule has 0 radical (unpaired) electrons. The molecule has 0 unspecified atom stereocenters. The zero-order valence-corrected chi connectivity index (χ0v) is 12.7. The highest BCUT2D eigenvalue weighted by Crippen LogP contribution is 2.28. The minimum atomic E-state index is -0.149. The largest absolute Gasteiger partial charge is 0.312 e. The van der Waals surface area contributed by atoms with E-state index in [1.54, 1.807) is 4.57 Å². The number of benzene rings is 1. The van der Waals surface area contributed by atoms with Crippen LogP contribution in [0.1, 0.15) is 30.0 Å². The monoisotopic (exact) mass is 293 g/mol. The molecular weight excluding hydrogens is 274 g/mol. The summed E-state index contributed by atoms with van der Waals surface area (Å²) in [6.07, 6.45) is 1.59. The van der Waals surface area contributed by atoms with Crippen molar-refractivity contribution in [3.8, 4) is 17.3 Å². The first kappa shape index (κ1) is 14.6. The zero-order valence-electron chi connectivity index (χ0n) is 12.7. The van der Waals surface area contributed by atoms with Crippen molar-refractivity contribution in [2.45, 2.75) is 32.9 Å². The fourth-order valence-electron chi connectivity index (χ4n) is 3.19. The molecule has 1 aromatic carbocycles. The first-order valence-electron chi connectivity index (χ1n) is 7.72. The molecule has 4 heteroatoms. The van der Waals surface area contributed by atoms with Crippen molar-refractivity contribution in [3.05, 3.63) is 57.4 Å². The summed E-state index contributed by atoms with van der Waals surface area (Å²) in [6.45, 7) is 4.20. The molecule has 1 aliphatic heterocycles. The van der Waals surface area contributed by atoms with Gasteiger partial charge in [0.2, 0.25) is 0 Å². The molecule has 1 aliphatic rings. The Morgan fingerprint density at radius 2 is 2.05 bits per heavy atom. The number of nitrogens with one attached hydrogen (secondary N) is 1. The van der Waals surface area contributed by atoms with Gasteiger partial charge in [0, 0.05) is 13.1 Å². The van der Waals surface area contributed by atoms with Crippen LogP contribution in [0.5, 0.6) is 0 Å². The second-order valence-electron chi connectivity index (χ2n) is 5.54. The highest BCUT2D eigenvalue weighted by atomic mass is 16.1. The van der Waals surface area contributed by atoms with Crippen LogP contribution in [0.3, 0.4) is 0 Å². The quantitative estimate of drug-likeness (QED) is 0.945. The molecule has 2 aromatic rings. The van der Waals surface area contributed by atoms with E-state index in [1.165, 1.54) is 0 Å². The number of hydrogen-bond donors (Lipinski definition) is 1. The lowest BCUT2D eigenvalue weighted by Crippen LogP contribution is -2.33. The maximum atomic E-state index is 12.8. The number of rotatable bonds is 3. The lowest BCUT2D eigenvalue weighted by molar-refractivity contribution is 0.607. The summed E-state index contributed by atoms with van der Waals surface area (Å²) in [5.74, 6) is 0. The minimum Gasteiger partial charge on any atom is -0.312 e. The van der Waals surface area contributed by atoms with Crippen LogP contribution < -0.4 is 10.9 Å². The number of fused-ring (bicyclic) bond motifs is 1. The van der Waals surface area contributed by atoms with Crippen molar-refractivity contribution in [1.29, 1.82) is 5.26 Å². The summed E-state index contributed by atoms with van der Waals surface area (Å²) in [7, 11) is 0. The van der Waals surface area contributed by atoms with E-state index in [0.29, 0.717) is 18.7 Å². The third kappa shape index (κ3) is 2.34. The number of hydrogen-bond acceptors (Lipinski definition) is 3. The summed E-state index contributed by atoms with van der Waals surface area (Å²) in [5.41, 5.74) is 4.21. The highest BCUT2D eigenvalue weighted by molar-refractivity contribution is 5.67. The Bertz CT molecular complexity index is 785. The van der Waals surface area contributed by atoms with Gasteiger partial charge in [-0.25, -0.2) is 0 Å². The van der Waals surface area contributed by atoms with Crippen molar-refractivity contribution < 1.29 is 0 Å². The van der Waals surface area contributed by atoms with Gasteiger partial charge in [-0.3, -0.25) is 4.79 Å². The van der Waals surface area contributed by atoms with E-state index in [1.807, 2.05) is 37.3 Å². The Balaban J connectivity index is 2.38. The third-order valence-corrected chi connectivity index (χ3v) is 4.14. The molecule has 0 atom stereocenters. The van der Waals surface area contributed by atoms with Crippen LogP contribution in [0.4, 0.5) is 0 Å². The fraction of sp³-hybridized carbons (Fsp3) is 0.333. The van der Waals surface area contributed by atoms with Gasteiger partial charge in [0.1, 0.15) is 11.6 Å². The molecule has 2 heterocycles. The smallest absolute Gasteiger partial charge is 0.269 e. The number of aromatic nitrogens is 1. The number of pyridine rings is 1. The van der Waals surface area contributed by atoms with E-state index < -0.39 is 0 Å². The third-order valence-electron chi connectivity index (χ3n) is 4.14. The second-order valence-corrected chi connectivity index (χ2v) is 5.54. The normalized spacial score (nSPS) is 13.5. The van der Waals surface area contributed by atoms with Gasteiger partial charge < -0.3 is 9.88 Å². The molecule has 0 fully saturated rings. The van der Waals surface area contributed by atoms with E-state index in [-0.39, 0.29) is 5.56 Å². The molecule has 1 N–H and O–H groups in total. The van der Waals surface area contributed by atoms with Gasteiger partial charge in [0.15, 0.2) is 0 Å². The number of nitrogens with zero attached hydrogens (tertiary/aromatic N) is 2. The summed E-state index contributed by atoms with van der Waals surface area (Å²) in [5, 5.41) is 12.8. The van der Waals surface area contributed by atoms with Gasteiger partial charge in [-0.15, -0.1) is 0 Å². The van der Waals surface area contributed by atoms with Crippen molar-refractivity contribution in [3.63, 3.8) is 0 Å². The van der Waals surface area contributed by atoms with Crippen LogP contribution in [0.2, 0.25) is 0 Å². The van der Waals surface area contributed by atoms with Crippen LogP contribution in [0.25, 0.3) is 11.3 Å². The molecule has 0 spiro atoms. The van der Waals surface area contributed by atoms with E-state index >= 15 is 0 Å². The van der Waals surface area contributed by atoms with Gasteiger partial charge in [-0.1, -0.05) is 37.3 Å². The van der Waals surface area contributed by atoms with Crippen LogP contribution in [0, 0.1) is 11.3 Å². The number of nitriles is 1. The molecule has 0 aliphatic carbocycles. The predicted molar refractivity (Wildman–Crippen MR) is 86.6 cm³/mol. The summed E-state index contributed by atoms with van der Waals surface area (Å²) in [4.78, 5) is 12.8. The van der Waals surface area contributed by atoms with Crippen molar-refractivity contribution in [1.82, 2.24) is 9.88 Å². The fourth-order valence-corrected chi connectivity index (χ4v) is 3.19. The highest BCUT2D eigenvalue weighted by Gasteiger charge is 2.23. The summed E-state index contributed by atoms with van der Waals surface area (Å²) in [6, 6.07) is 12.1. The van der Waals surface area contributed by atoms with Crippen LogP contribution >= 0.6 is 0 Å². The average molecular weight is 293 g/mol. The molecule has 3 rings (SSSR count). The molecule has 0 saturated carbocycles. The Morgan fingerprint density at radius 3 is 2.73 bits per heavy atom. The summed E-state index contributed by atoms with van der Waals surface area (Å²) < 4.78 is 1.78. The maximum Gasteiger partial charge on any atom is 0.269 e. The van der Waals surface area contributed by atoms with E-state index in [0.717, 1.165) is 41.8 Å². The molecule has 1 aromatic heterocycles. The predicted octanol–water partition coefficient (Wildman–Crippen LogP) is 2.44. The standard InChI is InChI=1S/C18H19N3O/c1-2-10-21-17(13-6-4-3-5-7-13)16-12-20-9-8-14(16)15(11-19)18(21)22/h3-7,20H,2,8-10,12H2,1H3. The van der Waals surface area contributed by atoms with Crippen LogP contribution in [-0.2, 0) is 19.5 Å². The van der Waals surface area contributed by atoms with Gasteiger partial charge in [-0.2, -0.15) is 5.26 Å². The molecule has 112 valence electrons. The minimum absolute atomic E-state index is 0.149. The van der Waals surface area contributed by atoms with Gasteiger partial charge >= 0.3 is 0 Å². The molecule has 4 nitrogen and oxygen atoms in total. The molecular formula is C18H19N3O. The Morgan fingerprint density at radius 1 is 1.27 bits per heavy atom. The van der Waals surface area contributed by atoms with Gasteiger partial charge in [-0.05, 0) is 36.1 Å². The average Bonchev–Trinajstić information content (AvgIpc) is 2.57. The first-order valence-corrected chi connectivity index (χ1v) is 7.72. The Hall–Kier alpha value is -2.38. The van der Waals surface area contributed by atoms with Crippen LogP contribution in [-0.4, -0.2) is 11.1 Å². The zero-order chi connectivity index (χ0) is 15.5. The SMILES string of the molecule is CCCn1c(-c2ccccc2)c2c(c(C#N)c1=O)CCNC2. The van der Waals surface area contributed by atoms with E-state index in [9.17, 15) is 10.1 Å². The lowest BCUT2D eigenvalue weighted by Gasteiger charge is -2.25. The lowest BCUT2D eigenvalue weighted by atomic mass is 9.92. The second kappa shape index (κ2) is 6.17. The van der Waals surface area contributed by atoms with Crippen molar-refractivity contribution >= 4 is 0 Å². The van der Waals surface area contributed by atoms with E-state index in [4.69, 9.17) is 0 Å². The van der Waals surface area contributed by atoms with Gasteiger partial charge in [0.25, 0.3) is 5.56 Å². The topological polar surface area (TPSA) is 57.8 Å². The van der Waals surface area contributed by atoms with Gasteiger partial charge in [0.05, 0.1) is 5.69 Å². The van der Waals surface area contributed by atoms with Crippen molar-refractivity contribution in [2.24, 2.45) is 0 Å². The molecule has 0 amide bonds. The Labute approximate surface area is 130 Å². The van der Waals surface area contributed by atoms with Crippen LogP contribution in [0.15, 0.2) is 35.1 Å². The molecule has 0 bridgehead atoms. The first-order chi connectivity index (χ1) is 10.8. The summed E-state index contributed by atoms with van der Waals surface area (Å²) >= 11 is 0. The van der Waals surface area contributed by atoms with Crippen molar-refractivity contribution in [2.75, 3.05) is 6.54 Å². The maximum absolute atomic E-state index is 12.8.